The second-order valence-electron chi connectivity index (χ2n) is 6.66. The van der Waals surface area contributed by atoms with Gasteiger partial charge in [0.1, 0.15) is 5.75 Å². The summed E-state index contributed by atoms with van der Waals surface area (Å²) in [6.45, 7) is 2.56. The van der Waals surface area contributed by atoms with Gasteiger partial charge in [0, 0.05) is 20.1 Å². The molecule has 8 nitrogen and oxygen atoms in total. The highest BCUT2D eigenvalue weighted by atomic mass is 16.5. The van der Waals surface area contributed by atoms with Crippen molar-refractivity contribution in [3.63, 3.8) is 0 Å². The van der Waals surface area contributed by atoms with Crippen LogP contribution in [0, 0.1) is 0 Å². The van der Waals surface area contributed by atoms with Crippen LogP contribution in [0.1, 0.15) is 28.2 Å². The van der Waals surface area contributed by atoms with Crippen LogP contribution in [0.2, 0.25) is 0 Å². The van der Waals surface area contributed by atoms with Crippen molar-refractivity contribution in [1.29, 1.82) is 0 Å². The van der Waals surface area contributed by atoms with E-state index >= 15 is 0 Å². The molecule has 4 rings (SSSR count). The van der Waals surface area contributed by atoms with E-state index in [2.05, 4.69) is 44.6 Å². The Kier molecular flexibility index (Phi) is 5.23. The van der Waals surface area contributed by atoms with Crippen molar-refractivity contribution in [3.05, 3.63) is 53.7 Å². The molecule has 2 aromatic carbocycles. The number of rotatable bonds is 5. The van der Waals surface area contributed by atoms with Gasteiger partial charge in [-0.05, 0) is 34.5 Å². The van der Waals surface area contributed by atoms with E-state index in [-0.39, 0.29) is 17.8 Å². The predicted molar refractivity (Wildman–Crippen MR) is 102 cm³/mol. The van der Waals surface area contributed by atoms with E-state index in [1.54, 1.807) is 7.11 Å². The summed E-state index contributed by atoms with van der Waals surface area (Å²) < 4.78 is 16.5. The highest BCUT2D eigenvalue weighted by Gasteiger charge is 2.24. The molecule has 1 atom stereocenters. The highest BCUT2D eigenvalue weighted by molar-refractivity contribution is 5.89. The SMILES string of the molecule is CNC(=O)c1noc(CN2CCO[C@H](c3ccc4cc(OC)ccc4c3)C2)n1. The molecule has 28 heavy (non-hydrogen) atoms. The first-order chi connectivity index (χ1) is 13.7. The van der Waals surface area contributed by atoms with Gasteiger partial charge in [-0.25, -0.2) is 0 Å². The molecule has 0 bridgehead atoms. The van der Waals surface area contributed by atoms with Crippen LogP contribution in [0.25, 0.3) is 10.8 Å². The molecular formula is C20H22N4O4. The van der Waals surface area contributed by atoms with Gasteiger partial charge in [-0.1, -0.05) is 23.4 Å². The number of carbonyl (C=O) groups excluding carboxylic acids is 1. The molecule has 1 aromatic heterocycles. The summed E-state index contributed by atoms with van der Waals surface area (Å²) in [4.78, 5) is 17.9. The van der Waals surface area contributed by atoms with E-state index in [0.717, 1.165) is 28.6 Å². The summed E-state index contributed by atoms with van der Waals surface area (Å²) in [5, 5.41) is 8.47. The van der Waals surface area contributed by atoms with Crippen LogP contribution in [0.5, 0.6) is 5.75 Å². The van der Waals surface area contributed by atoms with E-state index in [1.165, 1.54) is 7.05 Å². The average Bonchev–Trinajstić information content (AvgIpc) is 3.21. The van der Waals surface area contributed by atoms with Gasteiger partial charge in [-0.3, -0.25) is 9.69 Å². The summed E-state index contributed by atoms with van der Waals surface area (Å²) in [6.07, 6.45) is -0.0402. The summed E-state index contributed by atoms with van der Waals surface area (Å²) in [7, 11) is 3.20. The van der Waals surface area contributed by atoms with Crippen molar-refractivity contribution in [2.75, 3.05) is 33.9 Å². The number of methoxy groups -OCH3 is 1. The predicted octanol–water partition coefficient (Wildman–Crippen LogP) is 2.16. The minimum Gasteiger partial charge on any atom is -0.497 e. The van der Waals surface area contributed by atoms with Crippen LogP contribution in [0.15, 0.2) is 40.9 Å². The van der Waals surface area contributed by atoms with Gasteiger partial charge in [0.15, 0.2) is 0 Å². The number of carbonyl (C=O) groups is 1. The molecular weight excluding hydrogens is 360 g/mol. The third-order valence-electron chi connectivity index (χ3n) is 4.85. The van der Waals surface area contributed by atoms with Gasteiger partial charge < -0.3 is 19.3 Å². The Morgan fingerprint density at radius 1 is 1.29 bits per heavy atom. The first-order valence-corrected chi connectivity index (χ1v) is 9.12. The third kappa shape index (κ3) is 3.83. The Morgan fingerprint density at radius 2 is 2.11 bits per heavy atom. The molecule has 146 valence electrons. The molecule has 8 heteroatoms. The van der Waals surface area contributed by atoms with Gasteiger partial charge in [0.2, 0.25) is 5.89 Å². The lowest BCUT2D eigenvalue weighted by molar-refractivity contribution is -0.0355. The standard InChI is InChI=1S/C20H22N4O4/c1-21-20(25)19-22-18(28-23-19)12-24-7-8-27-17(11-24)15-4-3-14-10-16(26-2)6-5-13(14)9-15/h3-6,9-10,17H,7-8,11-12H2,1-2H3,(H,21,25)/t17-/m0/s1. The maximum Gasteiger partial charge on any atom is 0.292 e. The van der Waals surface area contributed by atoms with Crippen molar-refractivity contribution in [2.45, 2.75) is 12.6 Å². The second kappa shape index (κ2) is 7.95. The van der Waals surface area contributed by atoms with E-state index in [0.29, 0.717) is 25.6 Å². The Morgan fingerprint density at radius 3 is 2.93 bits per heavy atom. The van der Waals surface area contributed by atoms with Gasteiger partial charge in [-0.2, -0.15) is 4.98 Å². The molecule has 1 fully saturated rings. The molecule has 1 amide bonds. The lowest BCUT2D eigenvalue weighted by atomic mass is 10.0. The third-order valence-corrected chi connectivity index (χ3v) is 4.85. The van der Waals surface area contributed by atoms with Crippen molar-refractivity contribution < 1.29 is 18.8 Å². The second-order valence-corrected chi connectivity index (χ2v) is 6.66. The molecule has 1 N–H and O–H groups in total. The molecule has 2 heterocycles. The summed E-state index contributed by atoms with van der Waals surface area (Å²) >= 11 is 0. The molecule has 3 aromatic rings. The van der Waals surface area contributed by atoms with Gasteiger partial charge in [0.25, 0.3) is 11.7 Å². The number of ether oxygens (including phenoxy) is 2. The Hall–Kier alpha value is -2.97. The average molecular weight is 382 g/mol. The molecule has 0 spiro atoms. The maximum absolute atomic E-state index is 11.6. The monoisotopic (exact) mass is 382 g/mol. The number of nitrogens with one attached hydrogen (secondary N) is 1. The number of aromatic nitrogens is 2. The lowest BCUT2D eigenvalue weighted by Gasteiger charge is -2.32. The number of hydrogen-bond acceptors (Lipinski definition) is 7. The fourth-order valence-electron chi connectivity index (χ4n) is 3.33. The van der Waals surface area contributed by atoms with Crippen LogP contribution < -0.4 is 10.1 Å². The van der Waals surface area contributed by atoms with Crippen LogP contribution in [0.4, 0.5) is 0 Å². The number of nitrogens with zero attached hydrogens (tertiary/aromatic N) is 3. The van der Waals surface area contributed by atoms with Crippen LogP contribution in [0.3, 0.4) is 0 Å². The Bertz CT molecular complexity index is 987. The first-order valence-electron chi connectivity index (χ1n) is 9.12. The summed E-state index contributed by atoms with van der Waals surface area (Å²) in [5.74, 6) is 0.954. The highest BCUT2D eigenvalue weighted by Crippen LogP contribution is 2.28. The zero-order valence-electron chi connectivity index (χ0n) is 15.8. The Balaban J connectivity index is 1.46. The van der Waals surface area contributed by atoms with Crippen molar-refractivity contribution in [2.24, 2.45) is 0 Å². The van der Waals surface area contributed by atoms with Crippen LogP contribution in [-0.2, 0) is 11.3 Å². The van der Waals surface area contributed by atoms with Gasteiger partial charge in [-0.15, -0.1) is 0 Å². The number of hydrogen-bond donors (Lipinski definition) is 1. The normalized spacial score (nSPS) is 17.6. The van der Waals surface area contributed by atoms with E-state index in [4.69, 9.17) is 14.0 Å². The number of morpholine rings is 1. The largest absolute Gasteiger partial charge is 0.497 e. The van der Waals surface area contributed by atoms with Crippen molar-refractivity contribution >= 4 is 16.7 Å². The Labute approximate surface area is 162 Å². The molecule has 0 unspecified atom stereocenters. The van der Waals surface area contributed by atoms with Crippen LogP contribution >= 0.6 is 0 Å². The van der Waals surface area contributed by atoms with E-state index in [1.807, 2.05) is 12.1 Å². The molecule has 1 aliphatic heterocycles. The van der Waals surface area contributed by atoms with Crippen LogP contribution in [-0.4, -0.2) is 54.8 Å². The zero-order chi connectivity index (χ0) is 19.5. The minimum absolute atomic E-state index is 0.0402. The lowest BCUT2D eigenvalue weighted by Crippen LogP contribution is -2.37. The van der Waals surface area contributed by atoms with Gasteiger partial charge in [0.05, 0.1) is 26.4 Å². The number of benzene rings is 2. The zero-order valence-corrected chi connectivity index (χ0v) is 15.8. The molecule has 0 radical (unpaired) electrons. The first kappa shape index (κ1) is 18.4. The summed E-state index contributed by atoms with van der Waals surface area (Å²) in [6, 6.07) is 12.4. The van der Waals surface area contributed by atoms with Crippen molar-refractivity contribution in [1.82, 2.24) is 20.4 Å². The topological polar surface area (TPSA) is 89.7 Å². The van der Waals surface area contributed by atoms with Gasteiger partial charge >= 0.3 is 0 Å². The molecule has 0 aliphatic carbocycles. The van der Waals surface area contributed by atoms with E-state index < -0.39 is 0 Å². The quantitative estimate of drug-likeness (QED) is 0.723. The fraction of sp³-hybridized carbons (Fsp3) is 0.350. The maximum atomic E-state index is 11.6. The van der Waals surface area contributed by atoms with Crippen molar-refractivity contribution in [3.8, 4) is 5.75 Å². The molecule has 1 saturated heterocycles. The summed E-state index contributed by atoms with van der Waals surface area (Å²) in [5.41, 5.74) is 1.12. The number of fused-ring (bicyclic) bond motifs is 1. The fourth-order valence-corrected chi connectivity index (χ4v) is 3.33. The van der Waals surface area contributed by atoms with E-state index in [9.17, 15) is 4.79 Å². The minimum atomic E-state index is -0.359. The molecule has 1 aliphatic rings. The number of amides is 1. The molecule has 0 saturated carbocycles. The smallest absolute Gasteiger partial charge is 0.292 e.